The van der Waals surface area contributed by atoms with Crippen LogP contribution in [0.2, 0.25) is 0 Å². The molecular weight excluding hydrogens is 264 g/mol. The van der Waals surface area contributed by atoms with Gasteiger partial charge in [-0.1, -0.05) is 84.0 Å². The summed E-state index contributed by atoms with van der Waals surface area (Å²) in [5.41, 5.74) is 0. The Balaban J connectivity index is 3.23. The molecule has 0 aliphatic heterocycles. The second-order valence-corrected chi connectivity index (χ2v) is 5.96. The zero-order valence-electron chi connectivity index (χ0n) is 14.2. The van der Waals surface area contributed by atoms with Crippen LogP contribution in [-0.2, 0) is 9.53 Å². The van der Waals surface area contributed by atoms with Gasteiger partial charge in [0.25, 0.3) is 0 Å². The van der Waals surface area contributed by atoms with E-state index in [1.807, 2.05) is 6.92 Å². The summed E-state index contributed by atoms with van der Waals surface area (Å²) in [5.74, 6) is -0.820. The lowest BCUT2D eigenvalue weighted by Crippen LogP contribution is -2.23. The molecule has 126 valence electrons. The van der Waals surface area contributed by atoms with Crippen molar-refractivity contribution in [1.29, 1.82) is 0 Å². The summed E-state index contributed by atoms with van der Waals surface area (Å²) >= 11 is 0. The normalized spacial score (nSPS) is 12.5. The quantitative estimate of drug-likeness (QED) is 0.379. The third-order valence-electron chi connectivity index (χ3n) is 3.96. The summed E-state index contributed by atoms with van der Waals surface area (Å²) in [6.07, 6.45) is 15.7. The molecule has 0 rings (SSSR count). The number of hydrogen-bond donors (Lipinski definition) is 1. The van der Waals surface area contributed by atoms with Gasteiger partial charge >= 0.3 is 5.97 Å². The first-order valence-corrected chi connectivity index (χ1v) is 9.06. The Kier molecular flexibility index (Phi) is 15.4. The summed E-state index contributed by atoms with van der Waals surface area (Å²) in [4.78, 5) is 10.9. The first-order valence-electron chi connectivity index (χ1n) is 9.06. The monoisotopic (exact) mass is 300 g/mol. The molecule has 3 heteroatoms. The molecule has 0 amide bonds. The Hall–Kier alpha value is -0.570. The van der Waals surface area contributed by atoms with Crippen LogP contribution in [0, 0.1) is 0 Å². The van der Waals surface area contributed by atoms with Gasteiger partial charge in [0.2, 0.25) is 0 Å². The van der Waals surface area contributed by atoms with E-state index >= 15 is 0 Å². The van der Waals surface area contributed by atoms with Crippen LogP contribution >= 0.6 is 0 Å². The first-order chi connectivity index (χ1) is 10.2. The number of unbranched alkanes of at least 4 members (excludes halogenated alkanes) is 11. The lowest BCUT2D eigenvalue weighted by atomic mass is 10.0. The van der Waals surface area contributed by atoms with Crippen molar-refractivity contribution in [3.05, 3.63) is 0 Å². The van der Waals surface area contributed by atoms with Gasteiger partial charge in [0, 0.05) is 6.61 Å². The molecule has 0 aromatic heterocycles. The average molecular weight is 300 g/mol. The number of aliphatic carboxylic acids is 1. The summed E-state index contributed by atoms with van der Waals surface area (Å²) in [6.45, 7) is 4.58. The highest BCUT2D eigenvalue weighted by molar-refractivity contribution is 5.72. The van der Waals surface area contributed by atoms with Gasteiger partial charge < -0.3 is 9.84 Å². The fourth-order valence-electron chi connectivity index (χ4n) is 2.65. The van der Waals surface area contributed by atoms with Crippen molar-refractivity contribution >= 4 is 5.97 Å². The van der Waals surface area contributed by atoms with Gasteiger partial charge in [-0.15, -0.1) is 0 Å². The highest BCUT2D eigenvalue weighted by Crippen LogP contribution is 2.13. The molecule has 1 N–H and O–H groups in total. The van der Waals surface area contributed by atoms with Gasteiger partial charge in [-0.05, 0) is 13.3 Å². The Morgan fingerprint density at radius 2 is 1.24 bits per heavy atom. The molecule has 0 saturated carbocycles. The maximum atomic E-state index is 10.9. The average Bonchev–Trinajstić information content (AvgIpc) is 2.47. The van der Waals surface area contributed by atoms with E-state index in [-0.39, 0.29) is 0 Å². The zero-order valence-corrected chi connectivity index (χ0v) is 14.2. The fraction of sp³-hybridized carbons (Fsp3) is 0.944. The predicted molar refractivity (Wildman–Crippen MR) is 88.7 cm³/mol. The number of rotatable bonds is 16. The van der Waals surface area contributed by atoms with Crippen molar-refractivity contribution in [2.75, 3.05) is 6.61 Å². The minimum atomic E-state index is -0.820. The molecule has 0 saturated heterocycles. The molecule has 0 aromatic carbocycles. The SMILES string of the molecule is CCCCCCCCCCCCCC[C@H](OCC)C(=O)O. The summed E-state index contributed by atoms with van der Waals surface area (Å²) in [5, 5.41) is 8.96. The molecule has 0 aromatic rings. The van der Waals surface area contributed by atoms with Crippen molar-refractivity contribution in [2.24, 2.45) is 0 Å². The van der Waals surface area contributed by atoms with E-state index in [9.17, 15) is 4.79 Å². The van der Waals surface area contributed by atoms with E-state index in [0.29, 0.717) is 13.0 Å². The molecule has 0 spiro atoms. The van der Waals surface area contributed by atoms with Gasteiger partial charge in [0.1, 0.15) is 0 Å². The van der Waals surface area contributed by atoms with Crippen LogP contribution in [0.4, 0.5) is 0 Å². The molecule has 3 nitrogen and oxygen atoms in total. The predicted octanol–water partition coefficient (Wildman–Crippen LogP) is 5.57. The molecular formula is C18H36O3. The lowest BCUT2D eigenvalue weighted by molar-refractivity contribution is -0.150. The van der Waals surface area contributed by atoms with E-state index in [4.69, 9.17) is 9.84 Å². The topological polar surface area (TPSA) is 46.5 Å². The third kappa shape index (κ3) is 14.1. The van der Waals surface area contributed by atoms with Gasteiger partial charge in [-0.25, -0.2) is 4.79 Å². The summed E-state index contributed by atoms with van der Waals surface area (Å²) in [7, 11) is 0. The number of ether oxygens (including phenoxy) is 1. The molecule has 21 heavy (non-hydrogen) atoms. The Morgan fingerprint density at radius 3 is 1.62 bits per heavy atom. The maximum Gasteiger partial charge on any atom is 0.332 e. The van der Waals surface area contributed by atoms with Gasteiger partial charge in [-0.3, -0.25) is 0 Å². The first kappa shape index (κ1) is 20.4. The minimum Gasteiger partial charge on any atom is -0.479 e. The zero-order chi connectivity index (χ0) is 15.8. The minimum absolute atomic E-state index is 0.481. The Bertz CT molecular complexity index is 229. The van der Waals surface area contributed by atoms with Crippen LogP contribution in [0.15, 0.2) is 0 Å². The van der Waals surface area contributed by atoms with Gasteiger partial charge in [-0.2, -0.15) is 0 Å². The van der Waals surface area contributed by atoms with E-state index < -0.39 is 12.1 Å². The van der Waals surface area contributed by atoms with Crippen LogP contribution in [-0.4, -0.2) is 23.8 Å². The maximum absolute atomic E-state index is 10.9. The standard InChI is InChI=1S/C18H36O3/c1-3-5-6-7-8-9-10-11-12-13-14-15-16-17(18(19)20)21-4-2/h17H,3-16H2,1-2H3,(H,19,20)/t17-/m0/s1. The second kappa shape index (κ2) is 15.8. The van der Waals surface area contributed by atoms with Crippen molar-refractivity contribution in [3.63, 3.8) is 0 Å². The van der Waals surface area contributed by atoms with Crippen LogP contribution in [0.5, 0.6) is 0 Å². The Morgan fingerprint density at radius 1 is 0.810 bits per heavy atom. The highest BCUT2D eigenvalue weighted by Gasteiger charge is 2.16. The van der Waals surface area contributed by atoms with Crippen molar-refractivity contribution in [1.82, 2.24) is 0 Å². The van der Waals surface area contributed by atoms with Crippen LogP contribution in [0.1, 0.15) is 97.3 Å². The number of carboxylic acids is 1. The highest BCUT2D eigenvalue weighted by atomic mass is 16.5. The van der Waals surface area contributed by atoms with E-state index in [2.05, 4.69) is 6.92 Å². The third-order valence-corrected chi connectivity index (χ3v) is 3.96. The van der Waals surface area contributed by atoms with Gasteiger partial charge in [0.15, 0.2) is 6.10 Å². The van der Waals surface area contributed by atoms with Crippen molar-refractivity contribution in [3.8, 4) is 0 Å². The van der Waals surface area contributed by atoms with Crippen molar-refractivity contribution in [2.45, 2.75) is 103 Å². The summed E-state index contributed by atoms with van der Waals surface area (Å²) in [6, 6.07) is 0. The smallest absolute Gasteiger partial charge is 0.332 e. The molecule has 1 atom stereocenters. The molecule has 0 heterocycles. The number of carboxylic acid groups (broad SMARTS) is 1. The number of carbonyl (C=O) groups is 1. The lowest BCUT2D eigenvalue weighted by Gasteiger charge is -2.11. The van der Waals surface area contributed by atoms with Crippen LogP contribution in [0.25, 0.3) is 0 Å². The fourth-order valence-corrected chi connectivity index (χ4v) is 2.65. The summed E-state index contributed by atoms with van der Waals surface area (Å²) < 4.78 is 5.20. The molecule has 0 fully saturated rings. The van der Waals surface area contributed by atoms with Crippen LogP contribution < -0.4 is 0 Å². The van der Waals surface area contributed by atoms with E-state index in [1.54, 1.807) is 0 Å². The van der Waals surface area contributed by atoms with E-state index in [0.717, 1.165) is 12.8 Å². The molecule has 0 aliphatic carbocycles. The van der Waals surface area contributed by atoms with E-state index in [1.165, 1.54) is 64.2 Å². The molecule has 0 aliphatic rings. The van der Waals surface area contributed by atoms with Crippen LogP contribution in [0.3, 0.4) is 0 Å². The largest absolute Gasteiger partial charge is 0.479 e. The van der Waals surface area contributed by atoms with Crippen molar-refractivity contribution < 1.29 is 14.6 Å². The van der Waals surface area contributed by atoms with Gasteiger partial charge in [0.05, 0.1) is 0 Å². The molecule has 0 radical (unpaired) electrons. The molecule has 0 unspecified atom stereocenters. The second-order valence-electron chi connectivity index (χ2n) is 5.96. The molecule has 0 bridgehead atoms. The Labute approximate surface area is 131 Å². The number of hydrogen-bond acceptors (Lipinski definition) is 2.